The van der Waals surface area contributed by atoms with E-state index in [4.69, 9.17) is 4.74 Å². The third-order valence-electron chi connectivity index (χ3n) is 3.72. The Morgan fingerprint density at radius 2 is 1.56 bits per heavy atom. The molecule has 1 unspecified atom stereocenters. The summed E-state index contributed by atoms with van der Waals surface area (Å²) in [5.74, 6) is -0.989. The van der Waals surface area contributed by atoms with Gasteiger partial charge in [0, 0.05) is 39.8 Å². The van der Waals surface area contributed by atoms with Crippen molar-refractivity contribution < 1.29 is 23.9 Å². The highest BCUT2D eigenvalue weighted by Gasteiger charge is 2.16. The zero-order chi connectivity index (χ0) is 20.1. The van der Waals surface area contributed by atoms with Gasteiger partial charge in [-0.05, 0) is 12.0 Å². The van der Waals surface area contributed by atoms with Gasteiger partial charge in [0.25, 0.3) is 0 Å². The van der Waals surface area contributed by atoms with Crippen LogP contribution in [0.5, 0.6) is 0 Å². The highest BCUT2D eigenvalue weighted by atomic mass is 16.5. The molecule has 0 aliphatic heterocycles. The van der Waals surface area contributed by atoms with Crippen LogP contribution in [0.1, 0.15) is 44.3 Å². The molecule has 1 aromatic rings. The van der Waals surface area contributed by atoms with Gasteiger partial charge in [-0.25, -0.2) is 0 Å². The van der Waals surface area contributed by atoms with Crippen LogP contribution in [-0.4, -0.2) is 43.8 Å². The van der Waals surface area contributed by atoms with E-state index in [1.807, 2.05) is 30.3 Å². The van der Waals surface area contributed by atoms with Gasteiger partial charge >= 0.3 is 5.97 Å². The molecule has 0 spiro atoms. The van der Waals surface area contributed by atoms with E-state index in [1.165, 1.54) is 14.0 Å². The van der Waals surface area contributed by atoms with E-state index in [0.717, 1.165) is 5.56 Å². The van der Waals surface area contributed by atoms with E-state index in [9.17, 15) is 19.2 Å². The Kier molecular flexibility index (Phi) is 10.2. The van der Waals surface area contributed by atoms with Gasteiger partial charge in [-0.1, -0.05) is 30.3 Å². The minimum Gasteiger partial charge on any atom is -0.456 e. The summed E-state index contributed by atoms with van der Waals surface area (Å²) in [4.78, 5) is 45.9. The zero-order valence-electron chi connectivity index (χ0n) is 15.7. The smallest absolute Gasteiger partial charge is 0.303 e. The summed E-state index contributed by atoms with van der Waals surface area (Å²) < 4.78 is 5.25. The minimum atomic E-state index is -0.555. The molecule has 0 radical (unpaired) electrons. The average molecular weight is 377 g/mol. The molecule has 0 aliphatic rings. The Bertz CT molecular complexity index is 633. The van der Waals surface area contributed by atoms with Crippen molar-refractivity contribution in [1.82, 2.24) is 16.0 Å². The number of nitrogens with one attached hydrogen (secondary N) is 3. The zero-order valence-corrected chi connectivity index (χ0v) is 15.7. The Balaban J connectivity index is 2.29. The molecule has 3 amide bonds. The molecule has 0 heterocycles. The number of rotatable bonds is 11. The molecule has 0 saturated heterocycles. The first-order valence-corrected chi connectivity index (χ1v) is 8.88. The maximum absolute atomic E-state index is 12.0. The van der Waals surface area contributed by atoms with Crippen molar-refractivity contribution in [2.45, 2.75) is 38.7 Å². The fourth-order valence-corrected chi connectivity index (χ4v) is 2.33. The molecule has 1 aromatic carbocycles. The van der Waals surface area contributed by atoms with Gasteiger partial charge in [-0.3, -0.25) is 19.2 Å². The quantitative estimate of drug-likeness (QED) is 0.494. The van der Waals surface area contributed by atoms with E-state index in [2.05, 4.69) is 16.0 Å². The fourth-order valence-electron chi connectivity index (χ4n) is 2.33. The number of amides is 3. The van der Waals surface area contributed by atoms with Gasteiger partial charge in [-0.15, -0.1) is 0 Å². The molecule has 3 N–H and O–H groups in total. The van der Waals surface area contributed by atoms with E-state index in [1.54, 1.807) is 0 Å². The first kappa shape index (κ1) is 22.1. The lowest BCUT2D eigenvalue weighted by molar-refractivity contribution is -0.147. The van der Waals surface area contributed by atoms with Crippen LogP contribution in [0.4, 0.5) is 0 Å². The molecule has 0 aromatic heterocycles. The SMILES string of the molecule is CNC(=O)CCNC(=O)CCCC(=O)NCC(OC(C)=O)c1ccccc1. The van der Waals surface area contributed by atoms with Gasteiger partial charge in [0.2, 0.25) is 17.7 Å². The summed E-state index contributed by atoms with van der Waals surface area (Å²) in [7, 11) is 1.53. The predicted molar refractivity (Wildman–Crippen MR) is 99.5 cm³/mol. The lowest BCUT2D eigenvalue weighted by Crippen LogP contribution is -2.31. The maximum Gasteiger partial charge on any atom is 0.303 e. The van der Waals surface area contributed by atoms with Gasteiger partial charge in [0.15, 0.2) is 0 Å². The molecule has 0 aliphatic carbocycles. The molecular formula is C19H27N3O5. The summed E-state index contributed by atoms with van der Waals surface area (Å²) in [5, 5.41) is 7.82. The van der Waals surface area contributed by atoms with E-state index in [-0.39, 0.29) is 50.1 Å². The molecule has 1 atom stereocenters. The van der Waals surface area contributed by atoms with Crippen molar-refractivity contribution in [3.8, 4) is 0 Å². The maximum atomic E-state index is 12.0. The highest BCUT2D eigenvalue weighted by molar-refractivity contribution is 5.80. The van der Waals surface area contributed by atoms with Crippen LogP contribution in [0, 0.1) is 0 Å². The predicted octanol–water partition coefficient (Wildman–Crippen LogP) is 0.830. The van der Waals surface area contributed by atoms with E-state index < -0.39 is 12.1 Å². The Morgan fingerprint density at radius 1 is 0.926 bits per heavy atom. The largest absolute Gasteiger partial charge is 0.456 e. The molecule has 0 fully saturated rings. The summed E-state index contributed by atoms with van der Waals surface area (Å²) in [6.07, 6.45) is 0.444. The van der Waals surface area contributed by atoms with Gasteiger partial charge in [0.1, 0.15) is 6.10 Å². The normalized spacial score (nSPS) is 11.2. The van der Waals surface area contributed by atoms with Crippen molar-refractivity contribution in [2.75, 3.05) is 20.1 Å². The molecule has 148 valence electrons. The van der Waals surface area contributed by atoms with Crippen molar-refractivity contribution in [2.24, 2.45) is 0 Å². The van der Waals surface area contributed by atoms with Crippen LogP contribution in [0.15, 0.2) is 30.3 Å². The number of carbonyl (C=O) groups is 4. The number of esters is 1. The molecule has 8 nitrogen and oxygen atoms in total. The lowest BCUT2D eigenvalue weighted by Gasteiger charge is -2.18. The first-order valence-electron chi connectivity index (χ1n) is 8.88. The summed E-state index contributed by atoms with van der Waals surface area (Å²) in [6, 6.07) is 9.16. The molecule has 0 saturated carbocycles. The van der Waals surface area contributed by atoms with Crippen LogP contribution in [0.2, 0.25) is 0 Å². The van der Waals surface area contributed by atoms with E-state index in [0.29, 0.717) is 6.42 Å². The topological polar surface area (TPSA) is 114 Å². The second kappa shape index (κ2) is 12.5. The lowest BCUT2D eigenvalue weighted by atomic mass is 10.1. The Hall–Kier alpha value is -2.90. The van der Waals surface area contributed by atoms with E-state index >= 15 is 0 Å². The second-order valence-electron chi connectivity index (χ2n) is 5.94. The molecule has 0 bridgehead atoms. The van der Waals surface area contributed by atoms with Crippen LogP contribution in [0.3, 0.4) is 0 Å². The number of ether oxygens (including phenoxy) is 1. The Morgan fingerprint density at radius 3 is 2.15 bits per heavy atom. The van der Waals surface area contributed by atoms with Gasteiger partial charge in [-0.2, -0.15) is 0 Å². The van der Waals surface area contributed by atoms with Crippen molar-refractivity contribution >= 4 is 23.7 Å². The third kappa shape index (κ3) is 9.98. The monoisotopic (exact) mass is 377 g/mol. The summed E-state index contributed by atoms with van der Waals surface area (Å²) >= 11 is 0. The van der Waals surface area contributed by atoms with Gasteiger partial charge < -0.3 is 20.7 Å². The minimum absolute atomic E-state index is 0.143. The Labute approximate surface area is 159 Å². The standard InChI is InChI=1S/C19H27N3O5/c1-14(23)27-16(15-7-4-3-5-8-15)13-22-19(26)10-6-9-18(25)21-12-11-17(24)20-2/h3-5,7-8,16H,6,9-13H2,1-2H3,(H,20,24)(H,21,25)(H,22,26). The van der Waals surface area contributed by atoms with Crippen LogP contribution in [-0.2, 0) is 23.9 Å². The molecule has 1 rings (SSSR count). The average Bonchev–Trinajstić information content (AvgIpc) is 2.65. The molecular weight excluding hydrogens is 350 g/mol. The van der Waals surface area contributed by atoms with Crippen molar-refractivity contribution in [3.63, 3.8) is 0 Å². The first-order chi connectivity index (χ1) is 12.9. The van der Waals surface area contributed by atoms with Crippen LogP contribution in [0.25, 0.3) is 0 Å². The second-order valence-corrected chi connectivity index (χ2v) is 5.94. The molecule has 27 heavy (non-hydrogen) atoms. The molecule has 8 heteroatoms. The van der Waals surface area contributed by atoms with Crippen LogP contribution < -0.4 is 16.0 Å². The summed E-state index contributed by atoms with van der Waals surface area (Å²) in [5.41, 5.74) is 0.795. The van der Waals surface area contributed by atoms with Crippen molar-refractivity contribution in [3.05, 3.63) is 35.9 Å². The van der Waals surface area contributed by atoms with Crippen molar-refractivity contribution in [1.29, 1.82) is 0 Å². The third-order valence-corrected chi connectivity index (χ3v) is 3.72. The highest BCUT2D eigenvalue weighted by Crippen LogP contribution is 2.16. The fraction of sp³-hybridized carbons (Fsp3) is 0.474. The number of carbonyl (C=O) groups excluding carboxylic acids is 4. The number of benzene rings is 1. The van der Waals surface area contributed by atoms with Crippen LogP contribution >= 0.6 is 0 Å². The number of hydrogen-bond donors (Lipinski definition) is 3. The summed E-state index contributed by atoms with van der Waals surface area (Å²) in [6.45, 7) is 1.76. The number of hydrogen-bond acceptors (Lipinski definition) is 5. The van der Waals surface area contributed by atoms with Gasteiger partial charge in [0.05, 0.1) is 6.54 Å².